The molecule has 1 aliphatic rings. The van der Waals surface area contributed by atoms with Crippen molar-refractivity contribution in [2.45, 2.75) is 34.1 Å². The van der Waals surface area contributed by atoms with Crippen molar-refractivity contribution in [3.8, 4) is 0 Å². The molecule has 0 radical (unpaired) electrons. The number of benzene rings is 1. The number of amides is 1. The average Bonchev–Trinajstić information content (AvgIpc) is 2.82. The third kappa shape index (κ3) is 2.79. The van der Waals surface area contributed by atoms with Crippen LogP contribution in [0.3, 0.4) is 0 Å². The van der Waals surface area contributed by atoms with Gasteiger partial charge in [0.15, 0.2) is 0 Å². The number of hydrogen-bond donors (Lipinski definition) is 1. The fourth-order valence-corrected chi connectivity index (χ4v) is 2.78. The molecule has 1 fully saturated rings. The topological polar surface area (TPSA) is 46.3 Å². The van der Waals surface area contributed by atoms with Crippen molar-refractivity contribution in [1.82, 2.24) is 4.90 Å². The maximum atomic E-state index is 14.1. The number of nitrogen functional groups attached to an aromatic ring is 1. The molecule has 1 aromatic carbocycles. The fraction of sp³-hybridized carbons (Fsp3) is 0.562. The molecule has 2 N–H and O–H groups in total. The Morgan fingerprint density at radius 3 is 2.60 bits per heavy atom. The van der Waals surface area contributed by atoms with E-state index in [1.165, 1.54) is 6.07 Å². The molecule has 110 valence electrons. The molecule has 1 heterocycles. The standard InChI is InChI=1S/C16H23FN2O/c1-10-7-12(18)8-13(14(10)17)15(20)19-6-5-11(9-19)16(2,3)4/h7-8,11H,5-6,9,18H2,1-4H3. The van der Waals surface area contributed by atoms with Gasteiger partial charge < -0.3 is 10.6 Å². The third-order valence-corrected chi connectivity index (χ3v) is 4.21. The Bertz CT molecular complexity index is 534. The summed E-state index contributed by atoms with van der Waals surface area (Å²) in [6, 6.07) is 2.99. The SMILES string of the molecule is Cc1cc(N)cc(C(=O)N2CCC(C(C)(C)C)C2)c1F. The summed E-state index contributed by atoms with van der Waals surface area (Å²) >= 11 is 0. The molecule has 1 atom stereocenters. The number of nitrogens with zero attached hydrogens (tertiary/aromatic N) is 1. The maximum absolute atomic E-state index is 14.1. The van der Waals surface area contributed by atoms with Gasteiger partial charge in [0.2, 0.25) is 0 Å². The van der Waals surface area contributed by atoms with Crippen molar-refractivity contribution in [3.63, 3.8) is 0 Å². The van der Waals surface area contributed by atoms with Crippen molar-refractivity contribution in [1.29, 1.82) is 0 Å². The molecule has 1 saturated heterocycles. The van der Waals surface area contributed by atoms with Gasteiger partial charge in [-0.25, -0.2) is 4.39 Å². The number of aryl methyl sites for hydroxylation is 1. The molecule has 1 aliphatic heterocycles. The minimum absolute atomic E-state index is 0.0945. The smallest absolute Gasteiger partial charge is 0.256 e. The molecule has 0 spiro atoms. The molecule has 0 aliphatic carbocycles. The predicted octanol–water partition coefficient (Wildman–Crippen LogP) is 3.22. The molecular formula is C16H23FN2O. The van der Waals surface area contributed by atoms with Crippen LogP contribution in [0.15, 0.2) is 12.1 Å². The summed E-state index contributed by atoms with van der Waals surface area (Å²) in [5, 5.41) is 0. The van der Waals surface area contributed by atoms with Gasteiger partial charge >= 0.3 is 0 Å². The molecule has 3 nitrogen and oxygen atoms in total. The highest BCUT2D eigenvalue weighted by Crippen LogP contribution is 2.34. The number of carbonyl (C=O) groups is 1. The first-order valence-electron chi connectivity index (χ1n) is 7.05. The van der Waals surface area contributed by atoms with Gasteiger partial charge in [-0.1, -0.05) is 20.8 Å². The Morgan fingerprint density at radius 2 is 2.05 bits per heavy atom. The minimum Gasteiger partial charge on any atom is -0.399 e. The van der Waals surface area contributed by atoms with Gasteiger partial charge in [0.05, 0.1) is 5.56 Å². The van der Waals surface area contributed by atoms with E-state index in [4.69, 9.17) is 5.73 Å². The van der Waals surface area contributed by atoms with Crippen LogP contribution in [0.2, 0.25) is 0 Å². The van der Waals surface area contributed by atoms with Crippen LogP contribution in [0.25, 0.3) is 0 Å². The van der Waals surface area contributed by atoms with Gasteiger partial charge in [-0.15, -0.1) is 0 Å². The van der Waals surface area contributed by atoms with Gasteiger partial charge in [-0.2, -0.15) is 0 Å². The molecule has 1 amide bonds. The van der Waals surface area contributed by atoms with E-state index < -0.39 is 5.82 Å². The van der Waals surface area contributed by atoms with Crippen molar-refractivity contribution in [2.24, 2.45) is 11.3 Å². The summed E-state index contributed by atoms with van der Waals surface area (Å²) in [7, 11) is 0. The maximum Gasteiger partial charge on any atom is 0.256 e. The van der Waals surface area contributed by atoms with E-state index >= 15 is 0 Å². The lowest BCUT2D eigenvalue weighted by atomic mass is 9.80. The number of anilines is 1. The highest BCUT2D eigenvalue weighted by molar-refractivity contribution is 5.95. The van der Waals surface area contributed by atoms with E-state index in [0.29, 0.717) is 30.3 Å². The minimum atomic E-state index is -0.455. The predicted molar refractivity (Wildman–Crippen MR) is 79.0 cm³/mol. The highest BCUT2D eigenvalue weighted by atomic mass is 19.1. The first-order valence-corrected chi connectivity index (χ1v) is 7.05. The Labute approximate surface area is 120 Å². The first-order chi connectivity index (χ1) is 9.20. The second kappa shape index (κ2) is 5.08. The second-order valence-electron chi connectivity index (χ2n) is 6.80. The number of halogens is 1. The molecule has 1 aromatic rings. The molecule has 0 bridgehead atoms. The number of rotatable bonds is 1. The normalized spacial score (nSPS) is 19.4. The molecule has 0 saturated carbocycles. The van der Waals surface area contributed by atoms with Gasteiger partial charge in [0.25, 0.3) is 5.91 Å². The molecule has 4 heteroatoms. The largest absolute Gasteiger partial charge is 0.399 e. The van der Waals surface area contributed by atoms with Gasteiger partial charge in [-0.05, 0) is 42.4 Å². The van der Waals surface area contributed by atoms with Crippen LogP contribution in [-0.4, -0.2) is 23.9 Å². The van der Waals surface area contributed by atoms with E-state index in [0.717, 1.165) is 6.42 Å². The van der Waals surface area contributed by atoms with Crippen LogP contribution in [0.5, 0.6) is 0 Å². The van der Waals surface area contributed by atoms with Crippen molar-refractivity contribution in [3.05, 3.63) is 29.1 Å². The lowest BCUT2D eigenvalue weighted by molar-refractivity contribution is 0.0772. The monoisotopic (exact) mass is 278 g/mol. The zero-order chi connectivity index (χ0) is 15.1. The van der Waals surface area contributed by atoms with Gasteiger partial charge in [-0.3, -0.25) is 4.79 Å². The molecule has 2 rings (SSSR count). The Balaban J connectivity index is 2.22. The van der Waals surface area contributed by atoms with Crippen LogP contribution in [0.1, 0.15) is 43.1 Å². The zero-order valence-electron chi connectivity index (χ0n) is 12.7. The highest BCUT2D eigenvalue weighted by Gasteiger charge is 2.34. The van der Waals surface area contributed by atoms with Gasteiger partial charge in [0.1, 0.15) is 5.82 Å². The number of carbonyl (C=O) groups excluding carboxylic acids is 1. The summed E-state index contributed by atoms with van der Waals surface area (Å²) in [6.07, 6.45) is 0.970. The zero-order valence-corrected chi connectivity index (χ0v) is 12.7. The summed E-state index contributed by atoms with van der Waals surface area (Å²) in [5.41, 5.74) is 6.83. The number of nitrogens with two attached hydrogens (primary N) is 1. The summed E-state index contributed by atoms with van der Waals surface area (Å²) in [5.74, 6) is -0.246. The summed E-state index contributed by atoms with van der Waals surface area (Å²) in [6.45, 7) is 9.54. The van der Waals surface area contributed by atoms with E-state index in [9.17, 15) is 9.18 Å². The number of hydrogen-bond acceptors (Lipinski definition) is 2. The van der Waals surface area contributed by atoms with Gasteiger partial charge in [0, 0.05) is 18.8 Å². The lowest BCUT2D eigenvalue weighted by Gasteiger charge is -2.27. The quantitative estimate of drug-likeness (QED) is 0.802. The fourth-order valence-electron chi connectivity index (χ4n) is 2.78. The van der Waals surface area contributed by atoms with Crippen molar-refractivity contribution >= 4 is 11.6 Å². The molecule has 20 heavy (non-hydrogen) atoms. The van der Waals surface area contributed by atoms with Crippen LogP contribution >= 0.6 is 0 Å². The second-order valence-corrected chi connectivity index (χ2v) is 6.80. The average molecular weight is 278 g/mol. The number of likely N-dealkylation sites (tertiary alicyclic amines) is 1. The summed E-state index contributed by atoms with van der Waals surface area (Å²) in [4.78, 5) is 14.2. The Hall–Kier alpha value is -1.58. The van der Waals surface area contributed by atoms with Crippen LogP contribution in [0.4, 0.5) is 10.1 Å². The van der Waals surface area contributed by atoms with Crippen LogP contribution in [-0.2, 0) is 0 Å². The molecule has 1 unspecified atom stereocenters. The lowest BCUT2D eigenvalue weighted by Crippen LogP contribution is -2.31. The molecule has 0 aromatic heterocycles. The first kappa shape index (κ1) is 14.8. The van der Waals surface area contributed by atoms with E-state index in [1.807, 2.05) is 0 Å². The van der Waals surface area contributed by atoms with E-state index in [1.54, 1.807) is 17.9 Å². The molecular weight excluding hydrogens is 255 g/mol. The van der Waals surface area contributed by atoms with Crippen molar-refractivity contribution in [2.75, 3.05) is 18.8 Å². The van der Waals surface area contributed by atoms with E-state index in [2.05, 4.69) is 20.8 Å². The van der Waals surface area contributed by atoms with Crippen molar-refractivity contribution < 1.29 is 9.18 Å². The Morgan fingerprint density at radius 1 is 1.40 bits per heavy atom. The third-order valence-electron chi connectivity index (χ3n) is 4.21. The van der Waals surface area contributed by atoms with Crippen LogP contribution < -0.4 is 5.73 Å². The Kier molecular flexibility index (Phi) is 3.76. The van der Waals surface area contributed by atoms with E-state index in [-0.39, 0.29) is 16.9 Å². The summed E-state index contributed by atoms with van der Waals surface area (Å²) < 4.78 is 14.1. The van der Waals surface area contributed by atoms with Crippen LogP contribution in [0, 0.1) is 24.1 Å².